The smallest absolute Gasteiger partial charge is 0.293 e. The van der Waals surface area contributed by atoms with E-state index in [0.29, 0.717) is 6.54 Å². The lowest BCUT2D eigenvalue weighted by molar-refractivity contribution is -0.384. The number of rotatable bonds is 5. The molecule has 0 aliphatic carbocycles. The summed E-state index contributed by atoms with van der Waals surface area (Å²) in [5.74, 6) is -0.228. The van der Waals surface area contributed by atoms with Crippen LogP contribution in [0.3, 0.4) is 0 Å². The van der Waals surface area contributed by atoms with Crippen LogP contribution in [0.4, 0.5) is 11.4 Å². The number of carbonyl (C=O) groups excluding carboxylic acids is 1. The number of sulfonamides is 1. The first-order chi connectivity index (χ1) is 10.8. The van der Waals surface area contributed by atoms with Crippen molar-refractivity contribution in [1.29, 1.82) is 0 Å². The Bertz CT molecular complexity index is 734. The first-order valence-corrected chi connectivity index (χ1v) is 8.51. The van der Waals surface area contributed by atoms with Gasteiger partial charge in [0.05, 0.1) is 9.82 Å². The maximum atomic E-state index is 11.9. The van der Waals surface area contributed by atoms with Crippen molar-refractivity contribution < 1.29 is 18.1 Å². The van der Waals surface area contributed by atoms with E-state index in [1.807, 2.05) is 6.92 Å². The number of benzene rings is 1. The van der Waals surface area contributed by atoms with Gasteiger partial charge in [-0.05, 0) is 31.5 Å². The van der Waals surface area contributed by atoms with Crippen molar-refractivity contribution in [3.05, 3.63) is 28.3 Å². The molecule has 0 bridgehead atoms. The molecule has 0 aromatic heterocycles. The zero-order valence-corrected chi connectivity index (χ0v) is 13.5. The van der Waals surface area contributed by atoms with E-state index in [2.05, 4.69) is 15.4 Å². The van der Waals surface area contributed by atoms with Crippen molar-refractivity contribution in [2.24, 2.45) is 5.92 Å². The Morgan fingerprint density at radius 2 is 2.09 bits per heavy atom. The Balaban J connectivity index is 2.39. The van der Waals surface area contributed by atoms with E-state index in [-0.39, 0.29) is 22.4 Å². The zero-order chi connectivity index (χ0) is 17.2. The number of hydrogen-bond acceptors (Lipinski definition) is 6. The summed E-state index contributed by atoms with van der Waals surface area (Å²) < 4.78 is 25.6. The van der Waals surface area contributed by atoms with Crippen LogP contribution in [0.15, 0.2) is 23.1 Å². The van der Waals surface area contributed by atoms with E-state index in [9.17, 15) is 23.3 Å². The fourth-order valence-electron chi connectivity index (χ4n) is 2.40. The molecule has 1 aliphatic rings. The third kappa shape index (κ3) is 3.59. The van der Waals surface area contributed by atoms with Crippen molar-refractivity contribution in [2.75, 3.05) is 18.9 Å². The largest absolute Gasteiger partial charge is 0.368 e. The molecule has 1 aromatic carbocycles. The normalized spacial score (nSPS) is 21.6. The average Bonchev–Trinajstić information content (AvgIpc) is 2.51. The molecular formula is C13H18N4O5S. The molecule has 1 amide bonds. The minimum absolute atomic E-state index is 0.00377. The molecular weight excluding hydrogens is 324 g/mol. The van der Waals surface area contributed by atoms with Crippen LogP contribution in [0.5, 0.6) is 0 Å². The van der Waals surface area contributed by atoms with Gasteiger partial charge in [-0.1, -0.05) is 6.92 Å². The molecule has 10 heteroatoms. The molecule has 23 heavy (non-hydrogen) atoms. The molecule has 9 nitrogen and oxygen atoms in total. The Kier molecular flexibility index (Phi) is 4.85. The molecule has 1 heterocycles. The minimum Gasteiger partial charge on any atom is -0.368 e. The van der Waals surface area contributed by atoms with Crippen LogP contribution in [0.25, 0.3) is 0 Å². The van der Waals surface area contributed by atoms with Gasteiger partial charge in [0.15, 0.2) is 0 Å². The monoisotopic (exact) mass is 342 g/mol. The van der Waals surface area contributed by atoms with Crippen molar-refractivity contribution in [3.8, 4) is 0 Å². The first-order valence-electron chi connectivity index (χ1n) is 7.02. The number of nitrogens with zero attached hydrogens (tertiary/aromatic N) is 1. The lowest BCUT2D eigenvalue weighted by Gasteiger charge is -2.29. The minimum atomic E-state index is -3.79. The highest BCUT2D eigenvalue weighted by Gasteiger charge is 2.31. The molecule has 0 spiro atoms. The van der Waals surface area contributed by atoms with Crippen LogP contribution in [0, 0.1) is 16.0 Å². The van der Waals surface area contributed by atoms with E-state index < -0.39 is 26.7 Å². The summed E-state index contributed by atoms with van der Waals surface area (Å²) in [6, 6.07) is 2.93. The van der Waals surface area contributed by atoms with Crippen LogP contribution >= 0.6 is 0 Å². The highest BCUT2D eigenvalue weighted by Crippen LogP contribution is 2.29. The number of amides is 1. The zero-order valence-electron chi connectivity index (χ0n) is 12.7. The third-order valence-electron chi connectivity index (χ3n) is 3.81. The Labute approximate surface area is 133 Å². The van der Waals surface area contributed by atoms with Crippen LogP contribution in [-0.4, -0.2) is 38.9 Å². The van der Waals surface area contributed by atoms with Gasteiger partial charge < -0.3 is 10.6 Å². The summed E-state index contributed by atoms with van der Waals surface area (Å²) in [5, 5.41) is 16.8. The highest BCUT2D eigenvalue weighted by molar-refractivity contribution is 7.89. The predicted molar refractivity (Wildman–Crippen MR) is 83.5 cm³/mol. The summed E-state index contributed by atoms with van der Waals surface area (Å²) in [5.41, 5.74) is -0.286. The van der Waals surface area contributed by atoms with E-state index in [1.165, 1.54) is 19.2 Å². The molecule has 0 radical (unpaired) electrons. The number of nitro groups is 1. The second-order valence-corrected chi connectivity index (χ2v) is 7.21. The van der Waals surface area contributed by atoms with Gasteiger partial charge in [-0.25, -0.2) is 13.1 Å². The van der Waals surface area contributed by atoms with Crippen molar-refractivity contribution >= 4 is 27.3 Å². The number of carbonyl (C=O) groups is 1. The molecule has 0 saturated carbocycles. The van der Waals surface area contributed by atoms with Gasteiger partial charge in [0.2, 0.25) is 15.9 Å². The average molecular weight is 342 g/mol. The van der Waals surface area contributed by atoms with E-state index >= 15 is 0 Å². The third-order valence-corrected chi connectivity index (χ3v) is 5.22. The number of anilines is 1. The number of nitrogens with one attached hydrogen (secondary N) is 3. The summed E-state index contributed by atoms with van der Waals surface area (Å²) >= 11 is 0. The molecule has 126 valence electrons. The van der Waals surface area contributed by atoms with Gasteiger partial charge in [0.1, 0.15) is 11.7 Å². The van der Waals surface area contributed by atoms with Gasteiger partial charge in [-0.3, -0.25) is 14.9 Å². The second-order valence-electron chi connectivity index (χ2n) is 5.32. The van der Waals surface area contributed by atoms with Gasteiger partial charge >= 0.3 is 0 Å². The van der Waals surface area contributed by atoms with Gasteiger partial charge in [0.25, 0.3) is 5.69 Å². The second kappa shape index (κ2) is 6.50. The van der Waals surface area contributed by atoms with Crippen molar-refractivity contribution in [3.63, 3.8) is 0 Å². The lowest BCUT2D eigenvalue weighted by atomic mass is 9.94. The lowest BCUT2D eigenvalue weighted by Crippen LogP contribution is -2.49. The van der Waals surface area contributed by atoms with E-state index in [1.54, 1.807) is 0 Å². The molecule has 1 saturated heterocycles. The number of nitro benzene ring substituents is 1. The van der Waals surface area contributed by atoms with Gasteiger partial charge in [0, 0.05) is 12.6 Å². The number of piperidine rings is 1. The Morgan fingerprint density at radius 3 is 2.65 bits per heavy atom. The van der Waals surface area contributed by atoms with E-state index in [0.717, 1.165) is 12.5 Å². The molecule has 1 aliphatic heterocycles. The van der Waals surface area contributed by atoms with Crippen LogP contribution in [0.1, 0.15) is 13.3 Å². The van der Waals surface area contributed by atoms with Crippen LogP contribution in [0.2, 0.25) is 0 Å². The summed E-state index contributed by atoms with van der Waals surface area (Å²) in [6.45, 7) is 2.45. The fraction of sp³-hybridized carbons (Fsp3) is 0.462. The van der Waals surface area contributed by atoms with Crippen molar-refractivity contribution in [1.82, 2.24) is 10.0 Å². The Morgan fingerprint density at radius 1 is 1.39 bits per heavy atom. The van der Waals surface area contributed by atoms with Crippen molar-refractivity contribution in [2.45, 2.75) is 24.3 Å². The number of hydrogen-bond donors (Lipinski definition) is 3. The quantitative estimate of drug-likeness (QED) is 0.526. The fourth-order valence-corrected chi connectivity index (χ4v) is 3.15. The van der Waals surface area contributed by atoms with Gasteiger partial charge in [-0.15, -0.1) is 0 Å². The molecule has 2 atom stereocenters. The first kappa shape index (κ1) is 17.2. The van der Waals surface area contributed by atoms with Gasteiger partial charge in [-0.2, -0.15) is 0 Å². The summed E-state index contributed by atoms with van der Waals surface area (Å²) in [6.07, 6.45) is 0.753. The summed E-state index contributed by atoms with van der Waals surface area (Å²) in [7, 11) is -2.56. The standard InChI is InChI=1S/C13H18N4O5S/c1-8-5-6-15-13(18)12(8)16-10-4-3-9(23(21,22)14-2)7-11(10)17(19)20/h3-4,7-8,12,14,16H,5-6H2,1-2H3,(H,15,18). The molecule has 1 aromatic rings. The summed E-state index contributed by atoms with van der Waals surface area (Å²) in [4.78, 5) is 22.3. The molecule has 2 rings (SSSR count). The van der Waals surface area contributed by atoms with Crippen LogP contribution in [-0.2, 0) is 14.8 Å². The molecule has 1 fully saturated rings. The molecule has 3 N–H and O–H groups in total. The van der Waals surface area contributed by atoms with Crippen LogP contribution < -0.4 is 15.4 Å². The maximum Gasteiger partial charge on any atom is 0.293 e. The SMILES string of the molecule is CNS(=O)(=O)c1ccc(NC2C(=O)NCCC2C)c([N+](=O)[O-])c1. The topological polar surface area (TPSA) is 130 Å². The van der Waals surface area contributed by atoms with E-state index in [4.69, 9.17) is 0 Å². The molecule has 2 unspecified atom stereocenters. The highest BCUT2D eigenvalue weighted by atomic mass is 32.2. The maximum absolute atomic E-state index is 11.9. The Hall–Kier alpha value is -2.20. The predicted octanol–water partition coefficient (Wildman–Crippen LogP) is 0.439.